The number of nitrogens with zero attached hydrogens (tertiary/aromatic N) is 3. The molecule has 6 nitrogen and oxygen atoms in total. The standard InChI is InChI=1S/C19H19N3O3/c1-11-2-4-12(5-3-11)10-21-9-8-15(20-21)22-18(23)16-13-6-7-14(25-13)17(16)19(22)24/h2-5,8-9,13-14,16-17H,6-7,10H2,1H3/t13-,14-,16-,17-/m1/s1. The summed E-state index contributed by atoms with van der Waals surface area (Å²) in [7, 11) is 0. The number of aryl methyl sites for hydroxylation is 1. The van der Waals surface area contributed by atoms with Crippen LogP contribution >= 0.6 is 0 Å². The van der Waals surface area contributed by atoms with Crippen molar-refractivity contribution in [2.45, 2.75) is 38.5 Å². The molecule has 0 unspecified atom stereocenters. The molecular formula is C19H19N3O3. The zero-order valence-electron chi connectivity index (χ0n) is 14.0. The molecule has 0 aliphatic carbocycles. The van der Waals surface area contributed by atoms with Gasteiger partial charge >= 0.3 is 0 Å². The summed E-state index contributed by atoms with van der Waals surface area (Å²) in [6, 6.07) is 9.98. The summed E-state index contributed by atoms with van der Waals surface area (Å²) in [4.78, 5) is 26.8. The van der Waals surface area contributed by atoms with Crippen LogP contribution in [-0.2, 0) is 20.9 Å². The number of ether oxygens (including phenoxy) is 1. The second kappa shape index (κ2) is 5.26. The highest BCUT2D eigenvalue weighted by Crippen LogP contribution is 2.49. The number of anilines is 1. The molecule has 2 aromatic rings. The van der Waals surface area contributed by atoms with E-state index in [-0.39, 0.29) is 35.9 Å². The Kier molecular flexibility index (Phi) is 3.12. The van der Waals surface area contributed by atoms with E-state index in [0.29, 0.717) is 12.4 Å². The minimum absolute atomic E-state index is 0.0916. The van der Waals surface area contributed by atoms with Crippen molar-refractivity contribution in [3.63, 3.8) is 0 Å². The molecule has 3 aliphatic heterocycles. The van der Waals surface area contributed by atoms with Crippen LogP contribution in [-0.4, -0.2) is 33.8 Å². The van der Waals surface area contributed by atoms with Crippen molar-refractivity contribution in [3.05, 3.63) is 47.7 Å². The van der Waals surface area contributed by atoms with Crippen LogP contribution in [0.5, 0.6) is 0 Å². The van der Waals surface area contributed by atoms with Crippen LogP contribution in [0.25, 0.3) is 0 Å². The highest BCUT2D eigenvalue weighted by molar-refractivity contribution is 6.22. The monoisotopic (exact) mass is 337 g/mol. The molecule has 2 bridgehead atoms. The van der Waals surface area contributed by atoms with Gasteiger partial charge in [-0.2, -0.15) is 5.10 Å². The maximum atomic E-state index is 12.8. The zero-order valence-corrected chi connectivity index (χ0v) is 14.0. The summed E-state index contributed by atoms with van der Waals surface area (Å²) in [6.07, 6.45) is 3.38. The van der Waals surface area contributed by atoms with Crippen LogP contribution in [0.3, 0.4) is 0 Å². The van der Waals surface area contributed by atoms with Gasteiger partial charge in [0.25, 0.3) is 0 Å². The molecule has 4 heterocycles. The van der Waals surface area contributed by atoms with Gasteiger partial charge in [-0.3, -0.25) is 14.3 Å². The summed E-state index contributed by atoms with van der Waals surface area (Å²) in [5.41, 5.74) is 2.34. The molecule has 0 radical (unpaired) electrons. The molecular weight excluding hydrogens is 318 g/mol. The van der Waals surface area contributed by atoms with Crippen molar-refractivity contribution >= 4 is 17.6 Å². The van der Waals surface area contributed by atoms with E-state index in [1.54, 1.807) is 10.7 Å². The Balaban J connectivity index is 1.39. The van der Waals surface area contributed by atoms with Gasteiger partial charge in [-0.25, -0.2) is 4.90 Å². The van der Waals surface area contributed by atoms with Gasteiger partial charge in [-0.15, -0.1) is 0 Å². The van der Waals surface area contributed by atoms with Gasteiger partial charge in [0.05, 0.1) is 30.6 Å². The van der Waals surface area contributed by atoms with Crippen LogP contribution in [0.1, 0.15) is 24.0 Å². The van der Waals surface area contributed by atoms with Crippen molar-refractivity contribution in [2.24, 2.45) is 11.8 Å². The molecule has 2 amide bonds. The fourth-order valence-corrected chi connectivity index (χ4v) is 4.38. The Morgan fingerprint density at radius 3 is 2.32 bits per heavy atom. The van der Waals surface area contributed by atoms with Crippen molar-refractivity contribution in [3.8, 4) is 0 Å². The predicted octanol–water partition coefficient (Wildman–Crippen LogP) is 1.91. The van der Waals surface area contributed by atoms with Crippen molar-refractivity contribution in [1.29, 1.82) is 0 Å². The average molecular weight is 337 g/mol. The lowest BCUT2D eigenvalue weighted by atomic mass is 9.81. The molecule has 4 atom stereocenters. The number of hydrogen-bond acceptors (Lipinski definition) is 4. The first-order chi connectivity index (χ1) is 12.1. The molecule has 5 rings (SSSR count). The largest absolute Gasteiger partial charge is 0.373 e. The van der Waals surface area contributed by atoms with E-state index in [9.17, 15) is 9.59 Å². The highest BCUT2D eigenvalue weighted by atomic mass is 16.5. The average Bonchev–Trinajstić information content (AvgIpc) is 3.35. The maximum absolute atomic E-state index is 12.8. The molecule has 128 valence electrons. The minimum atomic E-state index is -0.312. The number of carbonyl (C=O) groups excluding carboxylic acids is 2. The van der Waals surface area contributed by atoms with E-state index < -0.39 is 0 Å². The molecule has 3 aliphatic rings. The topological polar surface area (TPSA) is 64.4 Å². The Morgan fingerprint density at radius 1 is 1.04 bits per heavy atom. The Morgan fingerprint density at radius 2 is 1.68 bits per heavy atom. The number of aromatic nitrogens is 2. The lowest BCUT2D eigenvalue weighted by Gasteiger charge is -2.15. The fourth-order valence-electron chi connectivity index (χ4n) is 4.38. The lowest BCUT2D eigenvalue weighted by Crippen LogP contribution is -2.34. The second-order valence-electron chi connectivity index (χ2n) is 7.21. The number of imide groups is 1. The molecule has 3 saturated heterocycles. The van der Waals surface area contributed by atoms with E-state index >= 15 is 0 Å². The van der Waals surface area contributed by atoms with Crippen molar-refractivity contribution in [1.82, 2.24) is 9.78 Å². The smallest absolute Gasteiger partial charge is 0.241 e. The number of carbonyl (C=O) groups is 2. The summed E-state index contributed by atoms with van der Waals surface area (Å²) >= 11 is 0. The third-order valence-corrected chi connectivity index (χ3v) is 5.61. The van der Waals surface area contributed by atoms with E-state index in [1.807, 2.05) is 13.1 Å². The predicted molar refractivity (Wildman–Crippen MR) is 89.9 cm³/mol. The summed E-state index contributed by atoms with van der Waals surface area (Å²) < 4.78 is 7.53. The van der Waals surface area contributed by atoms with Gasteiger partial charge < -0.3 is 4.74 Å². The number of hydrogen-bond donors (Lipinski definition) is 0. The number of fused-ring (bicyclic) bond motifs is 5. The van der Waals surface area contributed by atoms with Crippen LogP contribution in [0.4, 0.5) is 5.82 Å². The Labute approximate surface area is 145 Å². The van der Waals surface area contributed by atoms with Crippen LogP contribution < -0.4 is 4.90 Å². The molecule has 1 aromatic carbocycles. The number of benzene rings is 1. The Hall–Kier alpha value is -2.47. The van der Waals surface area contributed by atoms with Gasteiger partial charge in [-0.1, -0.05) is 29.8 Å². The number of rotatable bonds is 3. The maximum Gasteiger partial charge on any atom is 0.241 e. The first-order valence-corrected chi connectivity index (χ1v) is 8.74. The summed E-state index contributed by atoms with van der Waals surface area (Å²) in [6.45, 7) is 2.66. The van der Waals surface area contributed by atoms with E-state index in [2.05, 4.69) is 29.4 Å². The summed E-state index contributed by atoms with van der Waals surface area (Å²) in [5, 5.41) is 4.47. The van der Waals surface area contributed by atoms with Gasteiger partial charge in [0.1, 0.15) is 0 Å². The second-order valence-corrected chi connectivity index (χ2v) is 7.21. The SMILES string of the molecule is Cc1ccc(Cn2ccc(N3C(=O)[C@H]4[C@H](C3=O)[C@H]3CC[C@H]4O3)n2)cc1. The Bertz CT molecular complexity index is 829. The van der Waals surface area contributed by atoms with Crippen LogP contribution in [0.15, 0.2) is 36.5 Å². The first kappa shape index (κ1) is 14.8. The first-order valence-electron chi connectivity index (χ1n) is 8.74. The van der Waals surface area contributed by atoms with E-state index in [0.717, 1.165) is 18.4 Å². The van der Waals surface area contributed by atoms with Gasteiger partial charge in [0.2, 0.25) is 11.8 Å². The fraction of sp³-hybridized carbons (Fsp3) is 0.421. The zero-order chi connectivity index (χ0) is 17.1. The molecule has 0 saturated carbocycles. The summed E-state index contributed by atoms with van der Waals surface area (Å²) in [5.74, 6) is -0.497. The van der Waals surface area contributed by atoms with Crippen LogP contribution in [0.2, 0.25) is 0 Å². The van der Waals surface area contributed by atoms with Gasteiger partial charge in [0.15, 0.2) is 5.82 Å². The molecule has 6 heteroatoms. The van der Waals surface area contributed by atoms with Gasteiger partial charge in [0, 0.05) is 12.3 Å². The lowest BCUT2D eigenvalue weighted by molar-refractivity contribution is -0.124. The molecule has 0 spiro atoms. The molecule has 25 heavy (non-hydrogen) atoms. The van der Waals surface area contributed by atoms with Crippen molar-refractivity contribution < 1.29 is 14.3 Å². The number of amides is 2. The molecule has 1 aromatic heterocycles. The van der Waals surface area contributed by atoms with Gasteiger partial charge in [-0.05, 0) is 25.3 Å². The minimum Gasteiger partial charge on any atom is -0.373 e. The van der Waals surface area contributed by atoms with Crippen LogP contribution in [0, 0.1) is 18.8 Å². The van der Waals surface area contributed by atoms with Crippen molar-refractivity contribution in [2.75, 3.05) is 4.90 Å². The third kappa shape index (κ3) is 2.17. The van der Waals surface area contributed by atoms with E-state index in [4.69, 9.17) is 4.74 Å². The third-order valence-electron chi connectivity index (χ3n) is 5.61. The molecule has 0 N–H and O–H groups in total. The molecule has 3 fully saturated rings. The normalized spacial score (nSPS) is 30.4. The quantitative estimate of drug-likeness (QED) is 0.803. The van der Waals surface area contributed by atoms with E-state index in [1.165, 1.54) is 10.5 Å². The highest BCUT2D eigenvalue weighted by Gasteiger charge is 2.63.